The van der Waals surface area contributed by atoms with Crippen LogP contribution >= 0.6 is 0 Å². The van der Waals surface area contributed by atoms with Crippen molar-refractivity contribution in [2.75, 3.05) is 52.6 Å². The van der Waals surface area contributed by atoms with Crippen LogP contribution < -0.4 is 0 Å². The highest BCUT2D eigenvalue weighted by molar-refractivity contribution is 5.79. The maximum absolute atomic E-state index is 14.6. The molecule has 4 unspecified atom stereocenters. The van der Waals surface area contributed by atoms with Crippen molar-refractivity contribution in [3.8, 4) is 0 Å². The number of likely N-dealkylation sites (tertiary alicyclic amines) is 2. The van der Waals surface area contributed by atoms with E-state index in [2.05, 4.69) is 24.3 Å². The zero-order chi connectivity index (χ0) is 58.0. The molecule has 4 aliphatic heterocycles. The molecule has 12 nitrogen and oxygen atoms in total. The number of fused-ring (bicyclic) bond motifs is 2. The largest absolute Gasteiger partial charge is 0.480 e. The van der Waals surface area contributed by atoms with Crippen LogP contribution in [0, 0.1) is 11.6 Å². The van der Waals surface area contributed by atoms with E-state index in [1.165, 1.54) is 78.5 Å². The number of carbonyl (C=O) groups is 2. The number of alkyl halides is 4. The summed E-state index contributed by atoms with van der Waals surface area (Å²) >= 11 is 0. The summed E-state index contributed by atoms with van der Waals surface area (Å²) in [5, 5.41) is 10.1. The zero-order valence-electron chi connectivity index (χ0n) is 47.9. The lowest BCUT2D eigenvalue weighted by atomic mass is 9.91. The maximum atomic E-state index is 14.6. The molecule has 0 amide bonds. The summed E-state index contributed by atoms with van der Waals surface area (Å²) in [6, 6.07) is 14.8. The van der Waals surface area contributed by atoms with Gasteiger partial charge in [0.05, 0.1) is 24.4 Å². The van der Waals surface area contributed by atoms with E-state index >= 15 is 0 Å². The van der Waals surface area contributed by atoms with Crippen LogP contribution in [-0.2, 0) is 71.8 Å². The maximum Gasteiger partial charge on any atom is 0.328 e. The molecule has 1 N–H and O–H groups in total. The van der Waals surface area contributed by atoms with E-state index in [9.17, 15) is 41.0 Å². The first-order valence-electron chi connectivity index (χ1n) is 30.0. The number of ether oxygens (including phenoxy) is 5. The van der Waals surface area contributed by atoms with Gasteiger partial charge in [-0.3, -0.25) is 24.6 Å². The van der Waals surface area contributed by atoms with Crippen molar-refractivity contribution in [1.29, 1.82) is 0 Å². The van der Waals surface area contributed by atoms with Gasteiger partial charge in [-0.25, -0.2) is 31.1 Å². The van der Waals surface area contributed by atoms with Crippen LogP contribution in [0.2, 0.25) is 0 Å². The monoisotopic (exact) mass is 1150 g/mol. The second-order valence-corrected chi connectivity index (χ2v) is 24.3. The molecule has 448 valence electrons. The van der Waals surface area contributed by atoms with E-state index < -0.39 is 78.5 Å². The Morgan fingerprint density at radius 3 is 1.52 bits per heavy atom. The standard InChI is InChI=1S/C34H45F3N2O4.C30H37F3N2O4/c1-33(2,3)43-32(40)31(28-20-24(35)12-14-27(28)30-15-17-34(36,37)22-42-30)39-18-16-26(21-39)41-19-7-6-9-25-13-11-23-8-4-5-10-29(23)38-25;31-21-9-11-24(27-12-14-30(32,33)19-39-27)25(17-21)28(29(36)37)35-15-13-23(18-35)38-16-4-3-6-22-10-8-20-5-1-2-7-26(20)34-22/h11-14,20,26,30-31H,4-10,15-19,21-22H2,1-3H3;8-11,17,23,27-28H,1-7,12-16,18-19H2,(H,36,37)/t26-,30?,31?;23-,27?,28?/m11/s1. The average Bonchev–Trinajstić information content (AvgIpc) is 4.26. The fourth-order valence-electron chi connectivity index (χ4n) is 12.5. The van der Waals surface area contributed by atoms with Gasteiger partial charge in [-0.05, 0) is 206 Å². The van der Waals surface area contributed by atoms with Gasteiger partial charge in [0.2, 0.25) is 0 Å². The Morgan fingerprint density at radius 1 is 0.634 bits per heavy atom. The molecule has 6 atom stereocenters. The van der Waals surface area contributed by atoms with Gasteiger partial charge in [-0.15, -0.1) is 0 Å². The highest BCUT2D eigenvalue weighted by Crippen LogP contribution is 2.43. The Morgan fingerprint density at radius 2 is 1.09 bits per heavy atom. The van der Waals surface area contributed by atoms with Crippen LogP contribution in [0.25, 0.3) is 0 Å². The number of carboxylic acids is 1. The third-order valence-corrected chi connectivity index (χ3v) is 16.7. The van der Waals surface area contributed by atoms with Crippen molar-refractivity contribution in [1.82, 2.24) is 19.8 Å². The summed E-state index contributed by atoms with van der Waals surface area (Å²) in [5.41, 5.74) is 8.49. The first kappa shape index (κ1) is 61.6. The molecule has 6 aliphatic rings. The van der Waals surface area contributed by atoms with Gasteiger partial charge in [-0.1, -0.05) is 24.3 Å². The molecule has 4 saturated heterocycles. The highest BCUT2D eigenvalue weighted by Gasteiger charge is 2.43. The Labute approximate surface area is 479 Å². The minimum atomic E-state index is -2.90. The lowest BCUT2D eigenvalue weighted by Crippen LogP contribution is -2.39. The van der Waals surface area contributed by atoms with Crippen molar-refractivity contribution in [3.05, 3.63) is 128 Å². The number of aliphatic carboxylic acids is 1. The molecule has 4 aromatic rings. The molecule has 2 aromatic heterocycles. The average molecular weight is 1150 g/mol. The molecule has 6 heterocycles. The number of rotatable bonds is 20. The number of esters is 1. The summed E-state index contributed by atoms with van der Waals surface area (Å²) in [6.45, 7) is 7.06. The Hall–Kier alpha value is -4.98. The van der Waals surface area contributed by atoms with E-state index in [4.69, 9.17) is 33.7 Å². The number of halogens is 6. The predicted molar refractivity (Wildman–Crippen MR) is 297 cm³/mol. The smallest absolute Gasteiger partial charge is 0.328 e. The van der Waals surface area contributed by atoms with Crippen LogP contribution in [0.1, 0.15) is 191 Å². The van der Waals surface area contributed by atoms with Crippen molar-refractivity contribution < 1.29 is 64.7 Å². The molecule has 4 fully saturated rings. The van der Waals surface area contributed by atoms with Crippen molar-refractivity contribution >= 4 is 11.9 Å². The first-order valence-corrected chi connectivity index (χ1v) is 30.0. The summed E-state index contributed by atoms with van der Waals surface area (Å²) in [4.78, 5) is 39.5. The molecule has 0 saturated carbocycles. The zero-order valence-corrected chi connectivity index (χ0v) is 47.9. The summed E-state index contributed by atoms with van der Waals surface area (Å²) in [5.74, 6) is -8.48. The molecule has 0 radical (unpaired) electrons. The number of nitrogens with zero attached hydrogens (tertiary/aromatic N) is 4. The Bertz CT molecular complexity index is 2780. The normalized spacial score (nSPS) is 23.5. The number of hydrogen-bond donors (Lipinski definition) is 1. The number of carboxylic acid groups (broad SMARTS) is 1. The molecule has 0 spiro atoms. The second kappa shape index (κ2) is 27.8. The first-order chi connectivity index (χ1) is 39.3. The van der Waals surface area contributed by atoms with Crippen LogP contribution in [0.5, 0.6) is 0 Å². The number of aromatic nitrogens is 2. The van der Waals surface area contributed by atoms with Crippen LogP contribution in [0.4, 0.5) is 26.3 Å². The Kier molecular flexibility index (Phi) is 20.9. The van der Waals surface area contributed by atoms with Gasteiger partial charge < -0.3 is 28.8 Å². The third-order valence-electron chi connectivity index (χ3n) is 16.7. The van der Waals surface area contributed by atoms with E-state index in [1.807, 2.05) is 4.90 Å². The minimum Gasteiger partial charge on any atom is -0.480 e. The number of pyridine rings is 2. The van der Waals surface area contributed by atoms with E-state index in [-0.39, 0.29) is 43.5 Å². The summed E-state index contributed by atoms with van der Waals surface area (Å²) in [6.07, 6.45) is 14.2. The van der Waals surface area contributed by atoms with Gasteiger partial charge in [0.15, 0.2) is 0 Å². The molecule has 10 rings (SSSR count). The predicted octanol–water partition coefficient (Wildman–Crippen LogP) is 12.9. The van der Waals surface area contributed by atoms with Crippen LogP contribution in [0.3, 0.4) is 0 Å². The van der Waals surface area contributed by atoms with Gasteiger partial charge in [0.25, 0.3) is 11.8 Å². The quantitative estimate of drug-likeness (QED) is 0.0513. The lowest BCUT2D eigenvalue weighted by molar-refractivity contribution is -0.162. The molecule has 82 heavy (non-hydrogen) atoms. The number of carbonyl (C=O) groups excluding carboxylic acids is 1. The van der Waals surface area contributed by atoms with Gasteiger partial charge >= 0.3 is 11.9 Å². The molecular formula is C64H82F6N4O8. The molecule has 0 bridgehead atoms. The number of benzene rings is 2. The van der Waals surface area contributed by atoms with Crippen molar-refractivity contribution in [2.45, 2.75) is 203 Å². The summed E-state index contributed by atoms with van der Waals surface area (Å²) in [7, 11) is 0. The summed E-state index contributed by atoms with van der Waals surface area (Å²) < 4.78 is 113. The van der Waals surface area contributed by atoms with Gasteiger partial charge in [-0.2, -0.15) is 0 Å². The molecule has 2 aromatic carbocycles. The fraction of sp³-hybridized carbons (Fsp3) is 0.625. The van der Waals surface area contributed by atoms with Gasteiger partial charge in [0, 0.05) is 75.0 Å². The van der Waals surface area contributed by atoms with Crippen LogP contribution in [-0.4, -0.2) is 119 Å². The van der Waals surface area contributed by atoms with E-state index in [0.717, 1.165) is 82.0 Å². The van der Waals surface area contributed by atoms with Crippen LogP contribution in [0.15, 0.2) is 60.7 Å². The highest BCUT2D eigenvalue weighted by atomic mass is 19.3. The third kappa shape index (κ3) is 16.9. The molecular weight excluding hydrogens is 1070 g/mol. The fourth-order valence-corrected chi connectivity index (χ4v) is 12.5. The minimum absolute atomic E-state index is 0.0463. The van der Waals surface area contributed by atoms with E-state index in [0.29, 0.717) is 62.5 Å². The number of aryl methyl sites for hydroxylation is 6. The number of hydrogen-bond acceptors (Lipinski definition) is 11. The van der Waals surface area contributed by atoms with E-state index in [1.54, 1.807) is 31.7 Å². The van der Waals surface area contributed by atoms with Crippen molar-refractivity contribution in [3.63, 3.8) is 0 Å². The van der Waals surface area contributed by atoms with Gasteiger partial charge in [0.1, 0.15) is 42.5 Å². The molecule has 18 heteroatoms. The lowest BCUT2D eigenvalue weighted by Gasteiger charge is -2.34. The Balaban J connectivity index is 0.000000198. The van der Waals surface area contributed by atoms with Crippen molar-refractivity contribution in [2.24, 2.45) is 0 Å². The second-order valence-electron chi connectivity index (χ2n) is 24.3. The molecule has 2 aliphatic carbocycles. The SMILES string of the molecule is CC(C)(C)OC(=O)C(c1cc(F)ccc1C1CCC(F)(F)CO1)N1CC[C@@H](OCCCCc2ccc3c(n2)CCCC3)C1.O=C(O)C(c1cc(F)ccc1C1CCC(F)(F)CO1)N1CC[C@@H](OCCCCc2ccc3c(n2)CCCC3)C1. The number of unbranched alkanes of at least 4 members (excludes halogenated alkanes) is 2. The topological polar surface area (TPSA) is 133 Å².